The van der Waals surface area contributed by atoms with E-state index in [4.69, 9.17) is 0 Å². The van der Waals surface area contributed by atoms with Gasteiger partial charge in [-0.15, -0.1) is 0 Å². The smallest absolute Gasteiger partial charge is 0.255 e. The standard InChI is InChI=1S/C25H34N4O2/c1-4-29(5-2)24(30)18-20-8-12-23(13-9-20)26-25(31)22-10-6-21(7-11-22)19-28-16-14-27(3)15-17-28/h6-13H,4-5,14-19H2,1-3H3,(H,26,31). The highest BCUT2D eigenvalue weighted by Gasteiger charge is 2.14. The van der Waals surface area contributed by atoms with E-state index < -0.39 is 0 Å². The van der Waals surface area contributed by atoms with Crippen LogP contribution in [0.4, 0.5) is 5.69 Å². The van der Waals surface area contributed by atoms with Crippen LogP contribution in [0.2, 0.25) is 0 Å². The van der Waals surface area contributed by atoms with Gasteiger partial charge < -0.3 is 15.1 Å². The summed E-state index contributed by atoms with van der Waals surface area (Å²) in [5.74, 6) is -0.00318. The molecule has 0 bridgehead atoms. The number of piperazine rings is 1. The van der Waals surface area contributed by atoms with Crippen molar-refractivity contribution in [2.24, 2.45) is 0 Å². The summed E-state index contributed by atoms with van der Waals surface area (Å²) < 4.78 is 0. The number of nitrogens with zero attached hydrogens (tertiary/aromatic N) is 3. The lowest BCUT2D eigenvalue weighted by atomic mass is 10.1. The van der Waals surface area contributed by atoms with Gasteiger partial charge in [0.15, 0.2) is 0 Å². The molecule has 0 unspecified atom stereocenters. The third kappa shape index (κ3) is 6.64. The predicted octanol–water partition coefficient (Wildman–Crippen LogP) is 3.10. The summed E-state index contributed by atoms with van der Waals surface area (Å²) in [5, 5.41) is 2.94. The molecule has 2 aromatic rings. The van der Waals surface area contributed by atoms with Crippen LogP contribution in [0, 0.1) is 0 Å². The van der Waals surface area contributed by atoms with E-state index in [2.05, 4.69) is 22.2 Å². The minimum atomic E-state index is -0.127. The Morgan fingerprint density at radius 3 is 2.03 bits per heavy atom. The molecule has 0 saturated carbocycles. The number of amides is 2. The van der Waals surface area contributed by atoms with Crippen LogP contribution < -0.4 is 5.32 Å². The highest BCUT2D eigenvalue weighted by Crippen LogP contribution is 2.14. The molecule has 2 aromatic carbocycles. The topological polar surface area (TPSA) is 55.9 Å². The number of likely N-dealkylation sites (N-methyl/N-ethyl adjacent to an activating group) is 2. The van der Waals surface area contributed by atoms with Gasteiger partial charge in [0, 0.05) is 57.1 Å². The molecule has 0 aliphatic carbocycles. The Balaban J connectivity index is 1.52. The Morgan fingerprint density at radius 2 is 1.45 bits per heavy atom. The van der Waals surface area contributed by atoms with Crippen LogP contribution in [0.15, 0.2) is 48.5 Å². The summed E-state index contributed by atoms with van der Waals surface area (Å²) >= 11 is 0. The summed E-state index contributed by atoms with van der Waals surface area (Å²) in [6.07, 6.45) is 0.380. The first-order valence-electron chi connectivity index (χ1n) is 11.2. The third-order valence-corrected chi connectivity index (χ3v) is 5.90. The molecule has 0 atom stereocenters. The molecule has 166 valence electrons. The Morgan fingerprint density at radius 1 is 0.871 bits per heavy atom. The summed E-state index contributed by atoms with van der Waals surface area (Å²) in [6, 6.07) is 15.3. The van der Waals surface area contributed by atoms with Crippen LogP contribution in [0.3, 0.4) is 0 Å². The number of anilines is 1. The molecule has 0 radical (unpaired) electrons. The lowest BCUT2D eigenvalue weighted by Gasteiger charge is -2.32. The molecule has 1 saturated heterocycles. The van der Waals surface area contributed by atoms with Crippen LogP contribution in [0.5, 0.6) is 0 Å². The molecule has 6 heteroatoms. The molecule has 3 rings (SSSR count). The largest absolute Gasteiger partial charge is 0.343 e. The molecular weight excluding hydrogens is 388 g/mol. The lowest BCUT2D eigenvalue weighted by Crippen LogP contribution is -2.43. The first-order chi connectivity index (χ1) is 15.0. The van der Waals surface area contributed by atoms with Crippen molar-refractivity contribution in [1.82, 2.24) is 14.7 Å². The van der Waals surface area contributed by atoms with Gasteiger partial charge in [-0.3, -0.25) is 14.5 Å². The van der Waals surface area contributed by atoms with Crippen LogP contribution >= 0.6 is 0 Å². The maximum Gasteiger partial charge on any atom is 0.255 e. The van der Waals surface area contributed by atoms with E-state index in [9.17, 15) is 9.59 Å². The van der Waals surface area contributed by atoms with Gasteiger partial charge >= 0.3 is 0 Å². The van der Waals surface area contributed by atoms with E-state index in [0.717, 1.165) is 57.1 Å². The zero-order chi connectivity index (χ0) is 22.2. The van der Waals surface area contributed by atoms with Crippen molar-refractivity contribution < 1.29 is 9.59 Å². The fraction of sp³-hybridized carbons (Fsp3) is 0.440. The van der Waals surface area contributed by atoms with Crippen molar-refractivity contribution in [1.29, 1.82) is 0 Å². The highest BCUT2D eigenvalue weighted by atomic mass is 16.2. The van der Waals surface area contributed by atoms with Gasteiger partial charge in [-0.25, -0.2) is 0 Å². The number of benzene rings is 2. The average Bonchev–Trinajstić information content (AvgIpc) is 2.78. The second-order valence-corrected chi connectivity index (χ2v) is 8.17. The summed E-state index contributed by atoms with van der Waals surface area (Å²) in [6.45, 7) is 10.7. The Bertz CT molecular complexity index is 852. The lowest BCUT2D eigenvalue weighted by molar-refractivity contribution is -0.130. The van der Waals surface area contributed by atoms with Crippen LogP contribution in [-0.2, 0) is 17.8 Å². The predicted molar refractivity (Wildman–Crippen MR) is 125 cm³/mol. The Hall–Kier alpha value is -2.70. The molecule has 1 aliphatic heterocycles. The van der Waals surface area contributed by atoms with Crippen LogP contribution in [0.1, 0.15) is 35.3 Å². The second kappa shape index (κ2) is 11.1. The van der Waals surface area contributed by atoms with Crippen molar-refractivity contribution in [2.45, 2.75) is 26.8 Å². The maximum absolute atomic E-state index is 12.6. The van der Waals surface area contributed by atoms with Crippen molar-refractivity contribution in [3.63, 3.8) is 0 Å². The fourth-order valence-electron chi connectivity index (χ4n) is 3.80. The average molecular weight is 423 g/mol. The second-order valence-electron chi connectivity index (χ2n) is 8.17. The maximum atomic E-state index is 12.6. The zero-order valence-electron chi connectivity index (χ0n) is 18.9. The minimum absolute atomic E-state index is 0.124. The first-order valence-corrected chi connectivity index (χ1v) is 11.2. The SMILES string of the molecule is CCN(CC)C(=O)Cc1ccc(NC(=O)c2ccc(CN3CCN(C)CC3)cc2)cc1. The van der Waals surface area contributed by atoms with Gasteiger partial charge in [0.1, 0.15) is 0 Å². The number of hydrogen-bond acceptors (Lipinski definition) is 4. The van der Waals surface area contributed by atoms with Crippen molar-refractivity contribution >= 4 is 17.5 Å². The van der Waals surface area contributed by atoms with E-state index in [1.165, 1.54) is 5.56 Å². The summed E-state index contributed by atoms with van der Waals surface area (Å²) in [5.41, 5.74) is 3.54. The fourth-order valence-corrected chi connectivity index (χ4v) is 3.80. The van der Waals surface area contributed by atoms with Crippen molar-refractivity contribution in [3.05, 3.63) is 65.2 Å². The van der Waals surface area contributed by atoms with E-state index in [-0.39, 0.29) is 11.8 Å². The summed E-state index contributed by atoms with van der Waals surface area (Å²) in [4.78, 5) is 31.4. The normalized spacial score (nSPS) is 14.9. The number of nitrogens with one attached hydrogen (secondary N) is 1. The number of carbonyl (C=O) groups is 2. The Labute approximate surface area is 185 Å². The highest BCUT2D eigenvalue weighted by molar-refractivity contribution is 6.04. The van der Waals surface area contributed by atoms with Gasteiger partial charge in [-0.05, 0) is 56.3 Å². The number of hydrogen-bond donors (Lipinski definition) is 1. The third-order valence-electron chi connectivity index (χ3n) is 5.90. The van der Waals surface area contributed by atoms with E-state index in [0.29, 0.717) is 12.0 Å². The zero-order valence-corrected chi connectivity index (χ0v) is 18.9. The van der Waals surface area contributed by atoms with Crippen molar-refractivity contribution in [2.75, 3.05) is 51.6 Å². The molecule has 1 heterocycles. The van der Waals surface area contributed by atoms with Crippen molar-refractivity contribution in [3.8, 4) is 0 Å². The molecule has 6 nitrogen and oxygen atoms in total. The molecule has 2 amide bonds. The molecule has 1 fully saturated rings. The minimum Gasteiger partial charge on any atom is -0.343 e. The van der Waals surface area contributed by atoms with Gasteiger partial charge in [-0.2, -0.15) is 0 Å². The molecular formula is C25H34N4O2. The molecule has 1 N–H and O–H groups in total. The summed E-state index contributed by atoms with van der Waals surface area (Å²) in [7, 11) is 2.16. The first kappa shape index (κ1) is 23.0. The van der Waals surface area contributed by atoms with Gasteiger partial charge in [0.25, 0.3) is 5.91 Å². The van der Waals surface area contributed by atoms with Crippen LogP contribution in [0.25, 0.3) is 0 Å². The van der Waals surface area contributed by atoms with E-state index in [1.807, 2.05) is 67.3 Å². The van der Waals surface area contributed by atoms with Crippen LogP contribution in [-0.4, -0.2) is 72.8 Å². The van der Waals surface area contributed by atoms with Gasteiger partial charge in [0.05, 0.1) is 6.42 Å². The van der Waals surface area contributed by atoms with E-state index in [1.54, 1.807) is 0 Å². The monoisotopic (exact) mass is 422 g/mol. The van der Waals surface area contributed by atoms with Gasteiger partial charge in [-0.1, -0.05) is 24.3 Å². The number of carbonyl (C=O) groups excluding carboxylic acids is 2. The van der Waals surface area contributed by atoms with E-state index >= 15 is 0 Å². The Kier molecular flexibility index (Phi) is 8.20. The molecule has 0 aromatic heterocycles. The number of rotatable bonds is 8. The molecule has 0 spiro atoms. The van der Waals surface area contributed by atoms with Gasteiger partial charge in [0.2, 0.25) is 5.91 Å². The quantitative estimate of drug-likeness (QED) is 0.710. The molecule has 31 heavy (non-hydrogen) atoms. The molecule has 1 aliphatic rings.